The Morgan fingerprint density at radius 3 is 2.87 bits per heavy atom. The summed E-state index contributed by atoms with van der Waals surface area (Å²) in [6.07, 6.45) is 0.117. The van der Waals surface area contributed by atoms with Crippen LogP contribution in [0.2, 0.25) is 0 Å². The monoisotopic (exact) mass is 333 g/mol. The highest BCUT2D eigenvalue weighted by Gasteiger charge is 2.35. The number of carbonyl (C=O) groups excluding carboxylic acids is 2. The molecule has 0 aliphatic carbocycles. The average molecular weight is 333 g/mol. The van der Waals surface area contributed by atoms with E-state index in [9.17, 15) is 14.0 Å². The van der Waals surface area contributed by atoms with Crippen LogP contribution in [0.15, 0.2) is 23.6 Å². The van der Waals surface area contributed by atoms with Gasteiger partial charge in [0.15, 0.2) is 5.13 Å². The molecule has 2 amide bonds. The highest BCUT2D eigenvalue weighted by Crippen LogP contribution is 2.27. The Kier molecular flexibility index (Phi) is 4.12. The van der Waals surface area contributed by atoms with Gasteiger partial charge in [0.25, 0.3) is 0 Å². The van der Waals surface area contributed by atoms with Gasteiger partial charge in [0.05, 0.1) is 11.6 Å². The van der Waals surface area contributed by atoms with E-state index in [0.29, 0.717) is 16.4 Å². The number of thiazole rings is 1. The minimum Gasteiger partial charge on any atom is -0.311 e. The van der Waals surface area contributed by atoms with E-state index in [0.717, 1.165) is 5.69 Å². The van der Waals surface area contributed by atoms with Crippen molar-refractivity contribution in [1.29, 1.82) is 0 Å². The summed E-state index contributed by atoms with van der Waals surface area (Å²) in [4.78, 5) is 30.1. The number of nitrogens with one attached hydrogen (secondary N) is 1. The van der Waals surface area contributed by atoms with Gasteiger partial charge in [-0.15, -0.1) is 11.3 Å². The number of nitrogens with zero attached hydrogens (tertiary/aromatic N) is 2. The van der Waals surface area contributed by atoms with Crippen molar-refractivity contribution in [3.63, 3.8) is 0 Å². The molecule has 0 saturated carbocycles. The largest absolute Gasteiger partial charge is 0.311 e. The molecular weight excluding hydrogens is 317 g/mol. The van der Waals surface area contributed by atoms with Crippen molar-refractivity contribution in [2.45, 2.75) is 20.3 Å². The fraction of sp³-hybridized carbons (Fsp3) is 0.312. The second kappa shape index (κ2) is 6.08. The van der Waals surface area contributed by atoms with E-state index < -0.39 is 5.92 Å². The molecule has 1 atom stereocenters. The lowest BCUT2D eigenvalue weighted by atomic mass is 10.1. The number of hydrogen-bond acceptors (Lipinski definition) is 4. The predicted molar refractivity (Wildman–Crippen MR) is 87.1 cm³/mol. The topological polar surface area (TPSA) is 62.3 Å². The molecule has 1 aliphatic rings. The summed E-state index contributed by atoms with van der Waals surface area (Å²) in [5.41, 5.74) is 1.84. The molecule has 1 fully saturated rings. The maximum atomic E-state index is 13.7. The number of hydrogen-bond donors (Lipinski definition) is 1. The summed E-state index contributed by atoms with van der Waals surface area (Å²) in [7, 11) is 0. The molecule has 0 bridgehead atoms. The summed E-state index contributed by atoms with van der Waals surface area (Å²) < 4.78 is 13.7. The highest BCUT2D eigenvalue weighted by molar-refractivity contribution is 7.13. The third-order valence-corrected chi connectivity index (χ3v) is 4.69. The molecule has 5 nitrogen and oxygen atoms in total. The lowest BCUT2D eigenvalue weighted by Gasteiger charge is -2.17. The minimum absolute atomic E-state index is 0.117. The molecular formula is C16H16FN3O2S. The van der Waals surface area contributed by atoms with Crippen LogP contribution in [0.3, 0.4) is 0 Å². The third-order valence-electron chi connectivity index (χ3n) is 3.81. The van der Waals surface area contributed by atoms with Gasteiger partial charge in [-0.05, 0) is 31.5 Å². The number of aryl methyl sites for hydroxylation is 2. The quantitative estimate of drug-likeness (QED) is 0.939. The maximum absolute atomic E-state index is 13.7. The Hall–Kier alpha value is -2.28. The van der Waals surface area contributed by atoms with Crippen molar-refractivity contribution >= 4 is 34.0 Å². The van der Waals surface area contributed by atoms with Gasteiger partial charge in [-0.1, -0.05) is 6.07 Å². The second-order valence-corrected chi connectivity index (χ2v) is 6.48. The molecule has 2 aromatic rings. The molecule has 1 aliphatic heterocycles. The molecule has 7 heteroatoms. The molecule has 1 saturated heterocycles. The zero-order valence-electron chi connectivity index (χ0n) is 12.8. The molecule has 0 radical (unpaired) electrons. The smallest absolute Gasteiger partial charge is 0.231 e. The zero-order chi connectivity index (χ0) is 16.6. The van der Waals surface area contributed by atoms with Gasteiger partial charge in [-0.25, -0.2) is 9.37 Å². The van der Waals surface area contributed by atoms with Crippen molar-refractivity contribution in [1.82, 2.24) is 4.98 Å². The van der Waals surface area contributed by atoms with E-state index >= 15 is 0 Å². The molecule has 120 valence electrons. The first-order valence-electron chi connectivity index (χ1n) is 7.23. The van der Waals surface area contributed by atoms with Crippen LogP contribution in [-0.4, -0.2) is 23.3 Å². The number of halogens is 1. The second-order valence-electron chi connectivity index (χ2n) is 5.62. The van der Waals surface area contributed by atoms with E-state index in [1.54, 1.807) is 19.1 Å². The standard InChI is InChI=1S/C16H16FN3O2S/c1-9-3-4-12(6-13(9)17)20-7-11(5-14(20)21)15(22)19-16-18-10(2)8-23-16/h3-4,6,8,11H,5,7H2,1-2H3,(H,18,19,22)/t11-/m1/s1. The Bertz CT molecular complexity index is 774. The van der Waals surface area contributed by atoms with Crippen LogP contribution < -0.4 is 10.2 Å². The number of aromatic nitrogens is 1. The Balaban J connectivity index is 1.71. The van der Waals surface area contributed by atoms with Crippen LogP contribution >= 0.6 is 11.3 Å². The molecule has 23 heavy (non-hydrogen) atoms. The van der Waals surface area contributed by atoms with Crippen LogP contribution in [-0.2, 0) is 9.59 Å². The minimum atomic E-state index is -0.462. The average Bonchev–Trinajstić information content (AvgIpc) is 3.08. The van der Waals surface area contributed by atoms with Gasteiger partial charge >= 0.3 is 0 Å². The molecule has 0 unspecified atom stereocenters. The van der Waals surface area contributed by atoms with E-state index in [4.69, 9.17) is 0 Å². The van der Waals surface area contributed by atoms with E-state index in [2.05, 4.69) is 10.3 Å². The zero-order valence-corrected chi connectivity index (χ0v) is 13.6. The normalized spacial score (nSPS) is 17.6. The number of rotatable bonds is 3. The summed E-state index contributed by atoms with van der Waals surface area (Å²) >= 11 is 1.35. The van der Waals surface area contributed by atoms with E-state index in [1.807, 2.05) is 12.3 Å². The van der Waals surface area contributed by atoms with Crippen molar-refractivity contribution in [3.05, 3.63) is 40.7 Å². The molecule has 1 aromatic heterocycles. The first kappa shape index (κ1) is 15.6. The van der Waals surface area contributed by atoms with Gasteiger partial charge in [-0.2, -0.15) is 0 Å². The number of amides is 2. The number of carbonyl (C=O) groups is 2. The Labute approximate surface area is 137 Å². The predicted octanol–water partition coefficient (Wildman–Crippen LogP) is 2.89. The van der Waals surface area contributed by atoms with Crippen LogP contribution in [0.5, 0.6) is 0 Å². The molecule has 1 N–H and O–H groups in total. The van der Waals surface area contributed by atoms with Gasteiger partial charge in [0.2, 0.25) is 11.8 Å². The Morgan fingerprint density at radius 1 is 1.43 bits per heavy atom. The summed E-state index contributed by atoms with van der Waals surface area (Å²) in [5, 5.41) is 5.10. The fourth-order valence-corrected chi connectivity index (χ4v) is 3.19. The van der Waals surface area contributed by atoms with Crippen molar-refractivity contribution < 1.29 is 14.0 Å². The van der Waals surface area contributed by atoms with Crippen LogP contribution in [0.1, 0.15) is 17.7 Å². The fourth-order valence-electron chi connectivity index (χ4n) is 2.50. The molecule has 1 aromatic carbocycles. The SMILES string of the molecule is Cc1csc(NC(=O)[C@@H]2CC(=O)N(c3ccc(C)c(F)c3)C2)n1. The van der Waals surface area contributed by atoms with Gasteiger partial charge in [-0.3, -0.25) is 9.59 Å². The number of benzene rings is 1. The first-order chi connectivity index (χ1) is 10.9. The van der Waals surface area contributed by atoms with Crippen LogP contribution in [0, 0.1) is 25.6 Å². The van der Waals surface area contributed by atoms with Crippen LogP contribution in [0.25, 0.3) is 0 Å². The molecule has 3 rings (SSSR count). The van der Waals surface area contributed by atoms with Gasteiger partial charge in [0, 0.05) is 24.0 Å². The summed E-state index contributed by atoms with van der Waals surface area (Å²) in [6, 6.07) is 4.65. The van der Waals surface area contributed by atoms with Crippen molar-refractivity contribution in [2.24, 2.45) is 5.92 Å². The maximum Gasteiger partial charge on any atom is 0.231 e. The molecule has 2 heterocycles. The van der Waals surface area contributed by atoms with Crippen molar-refractivity contribution in [3.8, 4) is 0 Å². The third kappa shape index (κ3) is 3.24. The summed E-state index contributed by atoms with van der Waals surface area (Å²) in [6.45, 7) is 3.76. The van der Waals surface area contributed by atoms with Gasteiger partial charge in [0.1, 0.15) is 5.82 Å². The van der Waals surface area contributed by atoms with Gasteiger partial charge < -0.3 is 10.2 Å². The van der Waals surface area contributed by atoms with E-state index in [1.165, 1.54) is 22.3 Å². The summed E-state index contributed by atoms with van der Waals surface area (Å²) in [5.74, 6) is -1.23. The van der Waals surface area contributed by atoms with Crippen LogP contribution in [0.4, 0.5) is 15.2 Å². The molecule has 0 spiro atoms. The lowest BCUT2D eigenvalue weighted by Crippen LogP contribution is -2.28. The van der Waals surface area contributed by atoms with E-state index in [-0.39, 0.29) is 30.6 Å². The number of anilines is 2. The Morgan fingerprint density at radius 2 is 2.22 bits per heavy atom. The highest BCUT2D eigenvalue weighted by atomic mass is 32.1. The lowest BCUT2D eigenvalue weighted by molar-refractivity contribution is -0.122. The van der Waals surface area contributed by atoms with Crippen molar-refractivity contribution in [2.75, 3.05) is 16.8 Å². The first-order valence-corrected chi connectivity index (χ1v) is 8.11.